The number of allylic oxidation sites excluding steroid dienone is 1. The third-order valence-corrected chi connectivity index (χ3v) is 3.56. The van der Waals surface area contributed by atoms with Gasteiger partial charge in [-0.15, -0.1) is 0 Å². The number of nitrogens with two attached hydrogens (primary N) is 1. The normalized spacial score (nSPS) is 16.6. The molecule has 1 unspecified atom stereocenters. The van der Waals surface area contributed by atoms with Gasteiger partial charge < -0.3 is 15.7 Å². The van der Waals surface area contributed by atoms with Crippen LogP contribution in [0.2, 0.25) is 0 Å². The summed E-state index contributed by atoms with van der Waals surface area (Å²) in [6.45, 7) is 1.56. The molecule has 7 heteroatoms. The first-order valence-corrected chi connectivity index (χ1v) is 6.48. The largest absolute Gasteiger partial charge is 0.440 e. The molecular weight excluding hydrogens is 284 g/mol. The molecule has 0 bridgehead atoms. The number of hydrogen-bond donors (Lipinski definition) is 2. The Morgan fingerprint density at radius 3 is 2.95 bits per heavy atom. The smallest absolute Gasteiger partial charge is 0.291 e. The van der Waals surface area contributed by atoms with E-state index in [9.17, 15) is 15.3 Å². The van der Waals surface area contributed by atoms with E-state index in [0.717, 1.165) is 0 Å². The molecule has 1 atom stereocenters. The van der Waals surface area contributed by atoms with Gasteiger partial charge in [-0.3, -0.25) is 9.78 Å². The van der Waals surface area contributed by atoms with E-state index in [-0.39, 0.29) is 22.8 Å². The maximum atomic E-state index is 12.4. The van der Waals surface area contributed by atoms with Crippen molar-refractivity contribution in [3.8, 4) is 11.8 Å². The van der Waals surface area contributed by atoms with Gasteiger partial charge in [0.15, 0.2) is 0 Å². The molecule has 0 radical (unpaired) electrons. The van der Waals surface area contributed by atoms with Gasteiger partial charge in [0.25, 0.3) is 5.56 Å². The van der Waals surface area contributed by atoms with Crippen molar-refractivity contribution >= 4 is 0 Å². The Labute approximate surface area is 125 Å². The first-order valence-electron chi connectivity index (χ1n) is 6.48. The number of aromatic nitrogens is 2. The molecule has 2 aromatic heterocycles. The third kappa shape index (κ3) is 1.90. The molecule has 0 aliphatic carbocycles. The van der Waals surface area contributed by atoms with Crippen LogP contribution in [0.3, 0.4) is 0 Å². The van der Waals surface area contributed by atoms with Crippen LogP contribution in [0.5, 0.6) is 5.75 Å². The molecule has 0 spiro atoms. The standard InChI is InChI=1S/C15H12N4O3/c1-8-5-11-13(15(20)19(8)21)12(9-3-2-4-18-7-9)10(6-16)14(17)22-11/h2-5,7,12,21H,17H2,1H3. The lowest BCUT2D eigenvalue weighted by atomic mass is 9.85. The molecule has 0 saturated carbocycles. The number of nitrogens with zero attached hydrogens (tertiary/aromatic N) is 3. The van der Waals surface area contributed by atoms with Crippen LogP contribution in [0.25, 0.3) is 0 Å². The number of hydrogen-bond acceptors (Lipinski definition) is 6. The average Bonchev–Trinajstić information content (AvgIpc) is 2.52. The molecule has 7 nitrogen and oxygen atoms in total. The Morgan fingerprint density at radius 2 is 2.32 bits per heavy atom. The minimum Gasteiger partial charge on any atom is -0.440 e. The summed E-state index contributed by atoms with van der Waals surface area (Å²) < 4.78 is 5.92. The summed E-state index contributed by atoms with van der Waals surface area (Å²) in [4.78, 5) is 16.4. The SMILES string of the molecule is Cc1cc2c(c(=O)n1O)C(c1cccnc1)C(C#N)=C(N)O2. The van der Waals surface area contributed by atoms with Crippen LogP contribution in [-0.2, 0) is 0 Å². The van der Waals surface area contributed by atoms with E-state index in [1.807, 2.05) is 6.07 Å². The minimum atomic E-state index is -0.728. The third-order valence-electron chi connectivity index (χ3n) is 3.56. The summed E-state index contributed by atoms with van der Waals surface area (Å²) in [6.07, 6.45) is 3.13. The molecule has 0 amide bonds. The van der Waals surface area contributed by atoms with E-state index >= 15 is 0 Å². The molecule has 3 N–H and O–H groups in total. The van der Waals surface area contributed by atoms with Crippen molar-refractivity contribution in [1.29, 1.82) is 5.26 Å². The van der Waals surface area contributed by atoms with Crippen molar-refractivity contribution in [2.24, 2.45) is 5.73 Å². The van der Waals surface area contributed by atoms with Gasteiger partial charge >= 0.3 is 0 Å². The van der Waals surface area contributed by atoms with Gasteiger partial charge in [0.1, 0.15) is 17.4 Å². The van der Waals surface area contributed by atoms with Crippen LogP contribution in [0.4, 0.5) is 0 Å². The number of aryl methyl sites for hydroxylation is 1. The summed E-state index contributed by atoms with van der Waals surface area (Å²) in [5.41, 5.74) is 6.36. The molecule has 0 fully saturated rings. The predicted molar refractivity (Wildman–Crippen MR) is 76.2 cm³/mol. The summed E-state index contributed by atoms with van der Waals surface area (Å²) in [7, 11) is 0. The van der Waals surface area contributed by atoms with E-state index in [1.54, 1.807) is 31.5 Å². The lowest BCUT2D eigenvalue weighted by molar-refractivity contribution is 0.165. The van der Waals surface area contributed by atoms with Crippen molar-refractivity contribution in [3.05, 3.63) is 69.2 Å². The average molecular weight is 296 g/mol. The summed E-state index contributed by atoms with van der Waals surface area (Å²) in [5, 5.41) is 19.2. The van der Waals surface area contributed by atoms with E-state index in [2.05, 4.69) is 4.98 Å². The monoisotopic (exact) mass is 296 g/mol. The van der Waals surface area contributed by atoms with Gasteiger partial charge in [0.05, 0.1) is 17.2 Å². The number of fused-ring (bicyclic) bond motifs is 1. The maximum Gasteiger partial charge on any atom is 0.291 e. The van der Waals surface area contributed by atoms with Crippen LogP contribution in [0.15, 0.2) is 46.8 Å². The topological polar surface area (TPSA) is 114 Å². The molecule has 1 aliphatic rings. The molecule has 1 aliphatic heterocycles. The van der Waals surface area contributed by atoms with Crippen LogP contribution in [0, 0.1) is 18.3 Å². The van der Waals surface area contributed by atoms with Crippen molar-refractivity contribution in [2.75, 3.05) is 0 Å². The number of ether oxygens (including phenoxy) is 1. The van der Waals surface area contributed by atoms with E-state index in [0.29, 0.717) is 16.0 Å². The van der Waals surface area contributed by atoms with Gasteiger partial charge in [0, 0.05) is 18.5 Å². The van der Waals surface area contributed by atoms with Crippen LogP contribution >= 0.6 is 0 Å². The number of nitriles is 1. The lowest BCUT2D eigenvalue weighted by Crippen LogP contribution is -2.31. The molecule has 0 aromatic carbocycles. The van der Waals surface area contributed by atoms with E-state index in [1.165, 1.54) is 6.07 Å². The molecule has 22 heavy (non-hydrogen) atoms. The zero-order valence-electron chi connectivity index (χ0n) is 11.6. The van der Waals surface area contributed by atoms with E-state index < -0.39 is 11.5 Å². The van der Waals surface area contributed by atoms with Crippen LogP contribution in [-0.4, -0.2) is 14.9 Å². The summed E-state index contributed by atoms with van der Waals surface area (Å²) >= 11 is 0. The summed E-state index contributed by atoms with van der Waals surface area (Å²) in [6, 6.07) is 6.91. The first-order chi connectivity index (χ1) is 10.5. The molecule has 3 heterocycles. The second-order valence-electron chi connectivity index (χ2n) is 4.89. The van der Waals surface area contributed by atoms with Gasteiger partial charge in [0.2, 0.25) is 5.88 Å². The van der Waals surface area contributed by atoms with E-state index in [4.69, 9.17) is 10.5 Å². The highest BCUT2D eigenvalue weighted by Crippen LogP contribution is 2.39. The van der Waals surface area contributed by atoms with Gasteiger partial charge in [-0.25, -0.2) is 0 Å². The number of rotatable bonds is 1. The molecule has 110 valence electrons. The Hall–Kier alpha value is -3.27. The molecule has 2 aromatic rings. The summed E-state index contributed by atoms with van der Waals surface area (Å²) in [5.74, 6) is -0.551. The van der Waals surface area contributed by atoms with Gasteiger partial charge in [-0.1, -0.05) is 6.07 Å². The second kappa shape index (κ2) is 4.93. The lowest BCUT2D eigenvalue weighted by Gasteiger charge is -2.26. The van der Waals surface area contributed by atoms with Crippen molar-refractivity contribution < 1.29 is 9.94 Å². The Bertz CT molecular complexity index is 878. The highest BCUT2D eigenvalue weighted by molar-refractivity contribution is 5.54. The van der Waals surface area contributed by atoms with Crippen molar-refractivity contribution in [1.82, 2.24) is 9.71 Å². The zero-order chi connectivity index (χ0) is 15.9. The maximum absolute atomic E-state index is 12.4. The number of pyridine rings is 2. The fourth-order valence-electron chi connectivity index (χ4n) is 2.52. The second-order valence-corrected chi connectivity index (χ2v) is 4.89. The molecular formula is C15H12N4O3. The quantitative estimate of drug-likeness (QED) is 0.759. The Kier molecular flexibility index (Phi) is 3.07. The van der Waals surface area contributed by atoms with Crippen molar-refractivity contribution in [3.63, 3.8) is 0 Å². The molecule has 3 rings (SSSR count). The fraction of sp³-hybridized carbons (Fsp3) is 0.133. The first kappa shape index (κ1) is 13.7. The Morgan fingerprint density at radius 1 is 1.55 bits per heavy atom. The highest BCUT2D eigenvalue weighted by Gasteiger charge is 2.34. The highest BCUT2D eigenvalue weighted by atomic mass is 16.5. The van der Waals surface area contributed by atoms with Gasteiger partial charge in [-0.05, 0) is 18.6 Å². The van der Waals surface area contributed by atoms with Crippen LogP contribution < -0.4 is 16.0 Å². The van der Waals surface area contributed by atoms with Gasteiger partial charge in [-0.2, -0.15) is 9.99 Å². The van der Waals surface area contributed by atoms with Crippen LogP contribution in [0.1, 0.15) is 22.7 Å². The predicted octanol–water partition coefficient (Wildman–Crippen LogP) is 1.01. The minimum absolute atomic E-state index is 0.0571. The fourth-order valence-corrected chi connectivity index (χ4v) is 2.52. The zero-order valence-corrected chi connectivity index (χ0v) is 11.6. The van der Waals surface area contributed by atoms with Crippen molar-refractivity contribution in [2.45, 2.75) is 12.8 Å². The Balaban J connectivity index is 2.36. The molecule has 0 saturated heterocycles.